The lowest BCUT2D eigenvalue weighted by atomic mass is 9.98. The maximum atomic E-state index is 13.1. The molecule has 1 N–H and O–H groups in total. The topological polar surface area (TPSA) is 47.6 Å². The molecule has 0 aliphatic carbocycles. The van der Waals surface area contributed by atoms with E-state index in [-0.39, 0.29) is 30.0 Å². The fourth-order valence-electron chi connectivity index (χ4n) is 3.17. The molecular formula is C17H22FNO3. The number of hydrogen-bond acceptors (Lipinski definition) is 3. The van der Waals surface area contributed by atoms with Gasteiger partial charge in [0.05, 0.1) is 24.7 Å². The highest BCUT2D eigenvalue weighted by molar-refractivity contribution is 5.77. The van der Waals surface area contributed by atoms with Crippen LogP contribution in [-0.4, -0.2) is 31.3 Å². The summed E-state index contributed by atoms with van der Waals surface area (Å²) in [6.07, 6.45) is 4.22. The normalized spacial score (nSPS) is 26.0. The number of hydrogen-bond donors (Lipinski definition) is 1. The predicted molar refractivity (Wildman–Crippen MR) is 79.8 cm³/mol. The van der Waals surface area contributed by atoms with Gasteiger partial charge in [0.2, 0.25) is 5.91 Å². The highest BCUT2D eigenvalue weighted by atomic mass is 19.1. The van der Waals surface area contributed by atoms with Crippen LogP contribution in [0, 0.1) is 5.82 Å². The van der Waals surface area contributed by atoms with Crippen LogP contribution in [0.3, 0.4) is 0 Å². The van der Waals surface area contributed by atoms with Crippen molar-refractivity contribution < 1.29 is 18.7 Å². The Labute approximate surface area is 130 Å². The van der Waals surface area contributed by atoms with Crippen molar-refractivity contribution in [1.82, 2.24) is 5.32 Å². The summed E-state index contributed by atoms with van der Waals surface area (Å²) >= 11 is 0. The minimum absolute atomic E-state index is 0.0263. The minimum atomic E-state index is -0.277. The quantitative estimate of drug-likeness (QED) is 0.910. The zero-order chi connectivity index (χ0) is 15.4. The van der Waals surface area contributed by atoms with Crippen LogP contribution in [0.4, 0.5) is 4.39 Å². The van der Waals surface area contributed by atoms with Crippen LogP contribution in [0.15, 0.2) is 24.3 Å². The standard InChI is InChI=1S/C17H22FNO3/c18-13-7-5-12(6-8-13)17(15-4-2-10-22-15)19-16(20)11-14-3-1-9-21-14/h5-8,14-15,17H,1-4,9-11H2,(H,19,20)/t14-,15-,17+/m0/s1. The molecule has 0 radical (unpaired) electrons. The van der Waals surface area contributed by atoms with Crippen molar-refractivity contribution in [2.75, 3.05) is 13.2 Å². The molecule has 1 amide bonds. The van der Waals surface area contributed by atoms with E-state index in [1.165, 1.54) is 12.1 Å². The summed E-state index contributed by atoms with van der Waals surface area (Å²) < 4.78 is 24.4. The third-order valence-electron chi connectivity index (χ3n) is 4.32. The summed E-state index contributed by atoms with van der Waals surface area (Å²) in [5.41, 5.74) is 0.883. The molecule has 0 spiro atoms. The molecule has 0 saturated carbocycles. The molecular weight excluding hydrogens is 285 g/mol. The monoisotopic (exact) mass is 307 g/mol. The third kappa shape index (κ3) is 3.84. The molecule has 0 unspecified atom stereocenters. The molecule has 2 heterocycles. The van der Waals surface area contributed by atoms with Crippen LogP contribution in [-0.2, 0) is 14.3 Å². The average Bonchev–Trinajstić information content (AvgIpc) is 3.19. The van der Waals surface area contributed by atoms with E-state index in [0.29, 0.717) is 13.0 Å². The summed E-state index contributed by atoms with van der Waals surface area (Å²) in [5.74, 6) is -0.308. The smallest absolute Gasteiger partial charge is 0.223 e. The third-order valence-corrected chi connectivity index (χ3v) is 4.32. The van der Waals surface area contributed by atoms with Crippen molar-refractivity contribution in [1.29, 1.82) is 0 Å². The lowest BCUT2D eigenvalue weighted by Crippen LogP contribution is -2.37. The first-order valence-electron chi connectivity index (χ1n) is 8.00. The van der Waals surface area contributed by atoms with Gasteiger partial charge in [-0.15, -0.1) is 0 Å². The zero-order valence-corrected chi connectivity index (χ0v) is 12.6. The molecule has 3 rings (SSSR count). The van der Waals surface area contributed by atoms with Gasteiger partial charge in [-0.2, -0.15) is 0 Å². The van der Waals surface area contributed by atoms with Gasteiger partial charge in [-0.05, 0) is 43.4 Å². The number of ether oxygens (including phenoxy) is 2. The Morgan fingerprint density at radius 1 is 1.18 bits per heavy atom. The van der Waals surface area contributed by atoms with E-state index in [1.54, 1.807) is 12.1 Å². The highest BCUT2D eigenvalue weighted by Crippen LogP contribution is 2.27. The fourth-order valence-corrected chi connectivity index (χ4v) is 3.17. The first-order valence-corrected chi connectivity index (χ1v) is 8.00. The van der Waals surface area contributed by atoms with Crippen LogP contribution in [0.5, 0.6) is 0 Å². The van der Waals surface area contributed by atoms with Gasteiger partial charge in [0, 0.05) is 13.2 Å². The summed E-state index contributed by atoms with van der Waals surface area (Å²) in [5, 5.41) is 3.06. The zero-order valence-electron chi connectivity index (χ0n) is 12.6. The van der Waals surface area contributed by atoms with Gasteiger partial charge < -0.3 is 14.8 Å². The molecule has 0 bridgehead atoms. The van der Waals surface area contributed by atoms with E-state index in [1.807, 2.05) is 0 Å². The number of halogens is 1. The fraction of sp³-hybridized carbons (Fsp3) is 0.588. The molecule has 1 aromatic rings. The van der Waals surface area contributed by atoms with Crippen molar-refractivity contribution in [3.05, 3.63) is 35.6 Å². The molecule has 2 aliphatic heterocycles. The molecule has 0 aromatic heterocycles. The van der Waals surface area contributed by atoms with Crippen LogP contribution >= 0.6 is 0 Å². The molecule has 5 heteroatoms. The Morgan fingerprint density at radius 3 is 2.55 bits per heavy atom. The highest BCUT2D eigenvalue weighted by Gasteiger charge is 2.29. The van der Waals surface area contributed by atoms with Gasteiger partial charge in [0.1, 0.15) is 5.82 Å². The van der Waals surface area contributed by atoms with Crippen molar-refractivity contribution in [3.63, 3.8) is 0 Å². The van der Waals surface area contributed by atoms with E-state index in [0.717, 1.165) is 37.9 Å². The molecule has 4 nitrogen and oxygen atoms in total. The summed E-state index contributed by atoms with van der Waals surface area (Å²) in [6.45, 7) is 1.45. The second-order valence-corrected chi connectivity index (χ2v) is 5.99. The molecule has 1 aromatic carbocycles. The van der Waals surface area contributed by atoms with Crippen LogP contribution in [0.25, 0.3) is 0 Å². The van der Waals surface area contributed by atoms with Gasteiger partial charge in [-0.3, -0.25) is 4.79 Å². The molecule has 3 atom stereocenters. The largest absolute Gasteiger partial charge is 0.378 e. The predicted octanol–water partition coefficient (Wildman–Crippen LogP) is 2.73. The number of carbonyl (C=O) groups excluding carboxylic acids is 1. The van der Waals surface area contributed by atoms with Gasteiger partial charge in [-0.1, -0.05) is 12.1 Å². The van der Waals surface area contributed by atoms with Gasteiger partial charge in [0.15, 0.2) is 0 Å². The van der Waals surface area contributed by atoms with Crippen LogP contribution < -0.4 is 5.32 Å². The Balaban J connectivity index is 1.67. The maximum absolute atomic E-state index is 13.1. The second kappa shape index (κ2) is 7.20. The van der Waals surface area contributed by atoms with E-state index in [2.05, 4.69) is 5.32 Å². The molecule has 120 valence electrons. The van der Waals surface area contributed by atoms with Crippen molar-refractivity contribution in [3.8, 4) is 0 Å². The van der Waals surface area contributed by atoms with Gasteiger partial charge >= 0.3 is 0 Å². The molecule has 2 fully saturated rings. The maximum Gasteiger partial charge on any atom is 0.223 e. The Morgan fingerprint density at radius 2 is 1.91 bits per heavy atom. The Kier molecular flexibility index (Phi) is 5.05. The van der Waals surface area contributed by atoms with E-state index in [4.69, 9.17) is 9.47 Å². The molecule has 2 saturated heterocycles. The summed E-state index contributed by atoms with van der Waals surface area (Å²) in [4.78, 5) is 12.3. The molecule has 22 heavy (non-hydrogen) atoms. The van der Waals surface area contributed by atoms with E-state index in [9.17, 15) is 9.18 Å². The van der Waals surface area contributed by atoms with Crippen molar-refractivity contribution >= 4 is 5.91 Å². The van der Waals surface area contributed by atoms with Gasteiger partial charge in [-0.25, -0.2) is 4.39 Å². The number of rotatable bonds is 5. The number of carbonyl (C=O) groups is 1. The number of nitrogens with one attached hydrogen (secondary N) is 1. The van der Waals surface area contributed by atoms with Crippen molar-refractivity contribution in [2.45, 2.75) is 50.4 Å². The summed E-state index contributed by atoms with van der Waals surface area (Å²) in [6, 6.07) is 6.05. The first kappa shape index (κ1) is 15.4. The Hall–Kier alpha value is -1.46. The Bertz CT molecular complexity index is 493. The molecule has 2 aliphatic rings. The lowest BCUT2D eigenvalue weighted by molar-refractivity contribution is -0.125. The van der Waals surface area contributed by atoms with Crippen LogP contribution in [0.1, 0.15) is 43.7 Å². The number of benzene rings is 1. The minimum Gasteiger partial charge on any atom is -0.378 e. The average molecular weight is 307 g/mol. The SMILES string of the molecule is O=C(C[C@@H]1CCCO1)N[C@H](c1ccc(F)cc1)[C@@H]1CCCO1. The van der Waals surface area contributed by atoms with Gasteiger partial charge in [0.25, 0.3) is 0 Å². The van der Waals surface area contributed by atoms with E-state index >= 15 is 0 Å². The first-order chi connectivity index (χ1) is 10.7. The van der Waals surface area contributed by atoms with Crippen LogP contribution in [0.2, 0.25) is 0 Å². The lowest BCUT2D eigenvalue weighted by Gasteiger charge is -2.25. The second-order valence-electron chi connectivity index (χ2n) is 5.99. The summed E-state index contributed by atoms with van der Waals surface area (Å²) in [7, 11) is 0. The van der Waals surface area contributed by atoms with Crippen molar-refractivity contribution in [2.24, 2.45) is 0 Å². The number of amides is 1. The van der Waals surface area contributed by atoms with E-state index < -0.39 is 0 Å².